The van der Waals surface area contributed by atoms with Crippen LogP contribution < -0.4 is 0 Å². The standard InChI is InChI=1S/C26H21BrCl2N6O2/c1-14-20(21-6-17(27)2-3-22(21)31-14)8-25(36)34-9-16(10-34)26-24(30-13-37-26)12-35-11-23(32-33-35)15-4-18(28)7-19(29)5-15/h2-7,11,13,16,31H,8-10,12H2,1H3. The van der Waals surface area contributed by atoms with Crippen molar-refractivity contribution < 1.29 is 9.21 Å². The molecule has 188 valence electrons. The van der Waals surface area contributed by atoms with Crippen molar-refractivity contribution in [3.8, 4) is 11.3 Å². The average Bonchev–Trinajstić information content (AvgIpc) is 3.53. The van der Waals surface area contributed by atoms with E-state index < -0.39 is 0 Å². The van der Waals surface area contributed by atoms with Gasteiger partial charge in [0.1, 0.15) is 17.1 Å². The number of aryl methyl sites for hydroxylation is 1. The van der Waals surface area contributed by atoms with Crippen LogP contribution in [0.3, 0.4) is 0 Å². The molecule has 2 aromatic carbocycles. The van der Waals surface area contributed by atoms with E-state index in [-0.39, 0.29) is 11.8 Å². The molecule has 0 radical (unpaired) electrons. The van der Waals surface area contributed by atoms with E-state index in [0.29, 0.717) is 41.8 Å². The van der Waals surface area contributed by atoms with Gasteiger partial charge in [0.15, 0.2) is 6.39 Å². The van der Waals surface area contributed by atoms with E-state index in [1.165, 1.54) is 6.39 Å². The highest BCUT2D eigenvalue weighted by Gasteiger charge is 2.36. The third-order valence-corrected chi connectivity index (χ3v) is 7.63. The zero-order valence-corrected chi connectivity index (χ0v) is 22.8. The maximum atomic E-state index is 13.1. The van der Waals surface area contributed by atoms with Crippen LogP contribution in [-0.2, 0) is 17.8 Å². The number of amides is 1. The summed E-state index contributed by atoms with van der Waals surface area (Å²) >= 11 is 15.8. The monoisotopic (exact) mass is 598 g/mol. The SMILES string of the molecule is Cc1[nH]c2ccc(Br)cc2c1CC(=O)N1CC(c2ocnc2Cn2cc(-c3cc(Cl)cc(Cl)c3)nn2)C1. The Labute approximate surface area is 230 Å². The number of aromatic nitrogens is 5. The molecule has 11 heteroatoms. The summed E-state index contributed by atoms with van der Waals surface area (Å²) in [6.07, 6.45) is 3.61. The van der Waals surface area contributed by atoms with Crippen molar-refractivity contribution in [2.75, 3.05) is 13.1 Å². The number of benzene rings is 2. The van der Waals surface area contributed by atoms with Gasteiger partial charge in [0.2, 0.25) is 5.91 Å². The van der Waals surface area contributed by atoms with E-state index >= 15 is 0 Å². The van der Waals surface area contributed by atoms with Crippen LogP contribution in [0.4, 0.5) is 0 Å². The molecule has 0 atom stereocenters. The zero-order valence-electron chi connectivity index (χ0n) is 19.7. The van der Waals surface area contributed by atoms with Crippen molar-refractivity contribution in [3.63, 3.8) is 0 Å². The minimum Gasteiger partial charge on any atom is -0.448 e. The van der Waals surface area contributed by atoms with Crippen molar-refractivity contribution in [2.24, 2.45) is 0 Å². The second kappa shape index (κ2) is 9.63. The number of aromatic amines is 1. The second-order valence-electron chi connectivity index (χ2n) is 9.21. The molecule has 1 fully saturated rings. The summed E-state index contributed by atoms with van der Waals surface area (Å²) in [7, 11) is 0. The van der Waals surface area contributed by atoms with Gasteiger partial charge in [-0.05, 0) is 48.9 Å². The number of oxazole rings is 1. The molecule has 1 saturated heterocycles. The van der Waals surface area contributed by atoms with Crippen LogP contribution in [-0.4, -0.2) is 48.9 Å². The highest BCUT2D eigenvalue weighted by atomic mass is 79.9. The molecule has 0 aliphatic carbocycles. The molecule has 0 saturated carbocycles. The van der Waals surface area contributed by atoms with Gasteiger partial charge in [-0.2, -0.15) is 0 Å². The first-order valence-electron chi connectivity index (χ1n) is 11.7. The van der Waals surface area contributed by atoms with Crippen LogP contribution in [0.25, 0.3) is 22.2 Å². The van der Waals surface area contributed by atoms with E-state index in [4.69, 9.17) is 27.6 Å². The minimum absolute atomic E-state index is 0.0920. The quantitative estimate of drug-likeness (QED) is 0.258. The summed E-state index contributed by atoms with van der Waals surface area (Å²) in [6, 6.07) is 11.3. The van der Waals surface area contributed by atoms with E-state index in [1.807, 2.05) is 30.2 Å². The van der Waals surface area contributed by atoms with Gasteiger partial charge in [-0.1, -0.05) is 44.3 Å². The normalized spacial score (nSPS) is 13.9. The van der Waals surface area contributed by atoms with Gasteiger partial charge in [0, 0.05) is 49.8 Å². The fraction of sp³-hybridized carbons (Fsp3) is 0.231. The Kier molecular flexibility index (Phi) is 6.30. The highest BCUT2D eigenvalue weighted by Crippen LogP contribution is 2.32. The molecule has 0 spiro atoms. The van der Waals surface area contributed by atoms with Gasteiger partial charge < -0.3 is 14.3 Å². The Bertz CT molecular complexity index is 1620. The molecule has 8 nitrogen and oxygen atoms in total. The molecule has 3 aromatic heterocycles. The molecule has 0 unspecified atom stereocenters. The second-order valence-corrected chi connectivity index (χ2v) is 11.0. The van der Waals surface area contributed by atoms with Gasteiger partial charge in [-0.25, -0.2) is 9.67 Å². The van der Waals surface area contributed by atoms with Crippen molar-refractivity contribution in [2.45, 2.75) is 25.8 Å². The maximum absolute atomic E-state index is 13.1. The maximum Gasteiger partial charge on any atom is 0.227 e. The number of H-pyrrole nitrogens is 1. The number of nitrogens with zero attached hydrogens (tertiary/aromatic N) is 5. The smallest absolute Gasteiger partial charge is 0.227 e. The molecule has 1 aliphatic heterocycles. The van der Waals surface area contributed by atoms with Crippen LogP contribution in [0, 0.1) is 6.92 Å². The summed E-state index contributed by atoms with van der Waals surface area (Å²) in [5.41, 5.74) is 5.31. The molecule has 5 aromatic rings. The van der Waals surface area contributed by atoms with Crippen LogP contribution in [0.15, 0.2) is 57.9 Å². The van der Waals surface area contributed by atoms with Crippen molar-refractivity contribution in [1.29, 1.82) is 0 Å². The van der Waals surface area contributed by atoms with Crippen LogP contribution >= 0.6 is 39.1 Å². The predicted octanol–water partition coefficient (Wildman–Crippen LogP) is 6.01. The van der Waals surface area contributed by atoms with E-state index in [9.17, 15) is 4.79 Å². The van der Waals surface area contributed by atoms with Crippen LogP contribution in [0.1, 0.15) is 28.6 Å². The van der Waals surface area contributed by atoms with Crippen LogP contribution in [0.5, 0.6) is 0 Å². The van der Waals surface area contributed by atoms with Gasteiger partial charge in [-0.15, -0.1) is 5.10 Å². The first kappa shape index (κ1) is 24.2. The number of carbonyl (C=O) groups excluding carboxylic acids is 1. The molecule has 6 rings (SSSR count). The third-order valence-electron chi connectivity index (χ3n) is 6.70. The summed E-state index contributed by atoms with van der Waals surface area (Å²) in [4.78, 5) is 22.7. The Morgan fingerprint density at radius 3 is 2.76 bits per heavy atom. The Balaban J connectivity index is 1.11. The number of carbonyl (C=O) groups is 1. The first-order valence-corrected chi connectivity index (χ1v) is 13.2. The number of rotatable bonds is 6. The number of hydrogen-bond acceptors (Lipinski definition) is 5. The van der Waals surface area contributed by atoms with Crippen LogP contribution in [0.2, 0.25) is 10.0 Å². The van der Waals surface area contributed by atoms with Crippen molar-refractivity contribution >= 4 is 55.9 Å². The van der Waals surface area contributed by atoms with Gasteiger partial charge in [-0.3, -0.25) is 4.79 Å². The van der Waals surface area contributed by atoms with Gasteiger partial charge in [0.25, 0.3) is 0 Å². The lowest BCUT2D eigenvalue weighted by Crippen LogP contribution is -2.49. The lowest BCUT2D eigenvalue weighted by Gasteiger charge is -2.38. The lowest BCUT2D eigenvalue weighted by molar-refractivity contribution is -0.135. The Morgan fingerprint density at radius 1 is 1.19 bits per heavy atom. The highest BCUT2D eigenvalue weighted by molar-refractivity contribution is 9.10. The number of halogens is 3. The summed E-state index contributed by atoms with van der Waals surface area (Å²) in [5.74, 6) is 0.968. The number of nitrogens with one attached hydrogen (secondary N) is 1. The molecule has 1 amide bonds. The fourth-order valence-corrected chi connectivity index (χ4v) is 5.67. The summed E-state index contributed by atoms with van der Waals surface area (Å²) in [6.45, 7) is 3.60. The van der Waals surface area contributed by atoms with Crippen molar-refractivity contribution in [3.05, 3.63) is 86.2 Å². The van der Waals surface area contributed by atoms with Gasteiger partial charge >= 0.3 is 0 Å². The molecular weight excluding hydrogens is 579 g/mol. The first-order chi connectivity index (χ1) is 17.8. The molecule has 0 bridgehead atoms. The average molecular weight is 600 g/mol. The summed E-state index contributed by atoms with van der Waals surface area (Å²) in [5, 5.41) is 10.6. The van der Waals surface area contributed by atoms with Gasteiger partial charge in [0.05, 0.1) is 25.1 Å². The zero-order chi connectivity index (χ0) is 25.7. The third kappa shape index (κ3) is 4.79. The topological polar surface area (TPSA) is 92.8 Å². The minimum atomic E-state index is 0.0920. The predicted molar refractivity (Wildman–Crippen MR) is 145 cm³/mol. The number of hydrogen-bond donors (Lipinski definition) is 1. The molecule has 37 heavy (non-hydrogen) atoms. The fourth-order valence-electron chi connectivity index (χ4n) is 4.79. The van der Waals surface area contributed by atoms with E-state index in [1.54, 1.807) is 22.9 Å². The Hall–Kier alpha value is -3.14. The molecule has 1 N–H and O–H groups in total. The molecular formula is C26H21BrCl2N6O2. The Morgan fingerprint density at radius 2 is 1.97 bits per heavy atom. The summed E-state index contributed by atoms with van der Waals surface area (Å²) < 4.78 is 8.42. The molecule has 4 heterocycles. The largest absolute Gasteiger partial charge is 0.448 e. The van der Waals surface area contributed by atoms with E-state index in [0.717, 1.165) is 43.7 Å². The number of fused-ring (bicyclic) bond motifs is 1. The van der Waals surface area contributed by atoms with Crippen molar-refractivity contribution in [1.82, 2.24) is 29.9 Å². The molecule has 1 aliphatic rings. The number of likely N-dealkylation sites (tertiary alicyclic amines) is 1. The lowest BCUT2D eigenvalue weighted by atomic mass is 9.94. The van der Waals surface area contributed by atoms with E-state index in [2.05, 4.69) is 42.3 Å².